The van der Waals surface area contributed by atoms with Gasteiger partial charge in [0.25, 0.3) is 0 Å². The van der Waals surface area contributed by atoms with Gasteiger partial charge in [-0.15, -0.1) is 0 Å². The van der Waals surface area contributed by atoms with Crippen LogP contribution in [0.25, 0.3) is 0 Å². The smallest absolute Gasteiger partial charge is 0.308 e. The molecule has 0 unspecified atom stereocenters. The first-order chi connectivity index (χ1) is 11.5. The standard InChI is InChI=1S/C17H26N4O3/c1-11(2)13-9-21(10-14(13)16(22)23)15-8-12(3)18-17(19-15)20-4-6-24-7-5-20/h8,11,13-14H,4-7,9-10H2,1-3H3,(H,22,23)/t13-,14+/m1/s1. The number of carbonyl (C=O) groups is 1. The first-order valence-corrected chi connectivity index (χ1v) is 8.62. The molecule has 7 heteroatoms. The Hall–Kier alpha value is -1.89. The quantitative estimate of drug-likeness (QED) is 0.892. The van der Waals surface area contributed by atoms with E-state index in [1.807, 2.05) is 13.0 Å². The Kier molecular flexibility index (Phi) is 4.89. The summed E-state index contributed by atoms with van der Waals surface area (Å²) >= 11 is 0. The molecule has 132 valence electrons. The summed E-state index contributed by atoms with van der Waals surface area (Å²) in [4.78, 5) is 25.1. The second-order valence-electron chi connectivity index (χ2n) is 7.02. The lowest BCUT2D eigenvalue weighted by atomic mass is 9.86. The zero-order chi connectivity index (χ0) is 17.3. The third-order valence-corrected chi connectivity index (χ3v) is 4.99. The molecule has 1 N–H and O–H groups in total. The minimum atomic E-state index is -0.713. The molecule has 7 nitrogen and oxygen atoms in total. The maximum Gasteiger partial charge on any atom is 0.308 e. The lowest BCUT2D eigenvalue weighted by Crippen LogP contribution is -2.37. The van der Waals surface area contributed by atoms with Gasteiger partial charge in [-0.25, -0.2) is 4.98 Å². The van der Waals surface area contributed by atoms with Crippen LogP contribution in [0.2, 0.25) is 0 Å². The lowest BCUT2D eigenvalue weighted by Gasteiger charge is -2.28. The summed E-state index contributed by atoms with van der Waals surface area (Å²) in [5.41, 5.74) is 0.904. The summed E-state index contributed by atoms with van der Waals surface area (Å²) in [6.07, 6.45) is 0. The van der Waals surface area contributed by atoms with Crippen molar-refractivity contribution in [2.24, 2.45) is 17.8 Å². The second-order valence-corrected chi connectivity index (χ2v) is 7.02. The van der Waals surface area contributed by atoms with Gasteiger partial charge in [0, 0.05) is 37.9 Å². The summed E-state index contributed by atoms with van der Waals surface area (Å²) in [5, 5.41) is 9.53. The van der Waals surface area contributed by atoms with Crippen molar-refractivity contribution in [1.29, 1.82) is 0 Å². The summed E-state index contributed by atoms with van der Waals surface area (Å²) in [5.74, 6) is 0.969. The van der Waals surface area contributed by atoms with Crippen LogP contribution < -0.4 is 9.80 Å². The van der Waals surface area contributed by atoms with E-state index in [1.165, 1.54) is 0 Å². The molecule has 0 spiro atoms. The average Bonchev–Trinajstić information content (AvgIpc) is 3.01. The molecule has 3 rings (SSSR count). The minimum absolute atomic E-state index is 0.143. The fraction of sp³-hybridized carbons (Fsp3) is 0.706. The number of hydrogen-bond donors (Lipinski definition) is 1. The minimum Gasteiger partial charge on any atom is -0.481 e. The highest BCUT2D eigenvalue weighted by Gasteiger charge is 2.39. The van der Waals surface area contributed by atoms with Crippen molar-refractivity contribution in [3.8, 4) is 0 Å². The third kappa shape index (κ3) is 3.45. The van der Waals surface area contributed by atoms with Crippen LogP contribution in [0.4, 0.5) is 11.8 Å². The van der Waals surface area contributed by atoms with E-state index < -0.39 is 5.97 Å². The van der Waals surface area contributed by atoms with Crippen LogP contribution in [0.5, 0.6) is 0 Å². The number of aliphatic carboxylic acids is 1. The van der Waals surface area contributed by atoms with Crippen molar-refractivity contribution in [3.63, 3.8) is 0 Å². The number of morpholine rings is 1. The Labute approximate surface area is 142 Å². The Morgan fingerprint density at radius 3 is 2.54 bits per heavy atom. The molecule has 1 aromatic heterocycles. The van der Waals surface area contributed by atoms with E-state index >= 15 is 0 Å². The van der Waals surface area contributed by atoms with Gasteiger partial charge in [0.15, 0.2) is 0 Å². The SMILES string of the molecule is Cc1cc(N2C[C@H](C(=O)O)[C@@H](C(C)C)C2)nc(N2CCOCC2)n1. The zero-order valence-corrected chi connectivity index (χ0v) is 14.6. The van der Waals surface area contributed by atoms with E-state index in [0.717, 1.165) is 31.1 Å². The molecule has 1 aromatic rings. The van der Waals surface area contributed by atoms with Gasteiger partial charge < -0.3 is 19.6 Å². The number of anilines is 2. The second kappa shape index (κ2) is 6.93. The van der Waals surface area contributed by atoms with Crippen LogP contribution in [0.15, 0.2) is 6.07 Å². The van der Waals surface area contributed by atoms with Crippen LogP contribution in [0.1, 0.15) is 19.5 Å². The average molecular weight is 334 g/mol. The number of hydrogen-bond acceptors (Lipinski definition) is 6. The summed E-state index contributed by atoms with van der Waals surface area (Å²) < 4.78 is 5.39. The van der Waals surface area contributed by atoms with E-state index in [9.17, 15) is 9.90 Å². The van der Waals surface area contributed by atoms with Gasteiger partial charge in [-0.3, -0.25) is 4.79 Å². The summed E-state index contributed by atoms with van der Waals surface area (Å²) in [6.45, 7) is 10.3. The normalized spacial score (nSPS) is 24.7. The molecule has 0 bridgehead atoms. The molecule has 0 aromatic carbocycles. The zero-order valence-electron chi connectivity index (χ0n) is 14.6. The van der Waals surface area contributed by atoms with Gasteiger partial charge in [-0.1, -0.05) is 13.8 Å². The van der Waals surface area contributed by atoms with Crippen molar-refractivity contribution in [1.82, 2.24) is 9.97 Å². The van der Waals surface area contributed by atoms with Crippen molar-refractivity contribution < 1.29 is 14.6 Å². The van der Waals surface area contributed by atoms with Gasteiger partial charge in [0.05, 0.1) is 19.1 Å². The van der Waals surface area contributed by atoms with Gasteiger partial charge in [-0.05, 0) is 18.8 Å². The maximum atomic E-state index is 11.6. The predicted octanol–water partition coefficient (Wildman–Crippen LogP) is 1.41. The highest BCUT2D eigenvalue weighted by atomic mass is 16.5. The number of rotatable bonds is 4. The molecule has 0 aliphatic carbocycles. The largest absolute Gasteiger partial charge is 0.481 e. The summed E-state index contributed by atoms with van der Waals surface area (Å²) in [6, 6.07) is 1.95. The van der Waals surface area contributed by atoms with Crippen LogP contribution in [-0.2, 0) is 9.53 Å². The number of aryl methyl sites for hydroxylation is 1. The molecule has 0 amide bonds. The Balaban J connectivity index is 1.84. The monoisotopic (exact) mass is 334 g/mol. The first kappa shape index (κ1) is 17.0. The fourth-order valence-electron chi connectivity index (χ4n) is 3.56. The molecular weight excluding hydrogens is 308 g/mol. The summed E-state index contributed by atoms with van der Waals surface area (Å²) in [7, 11) is 0. The molecule has 2 aliphatic heterocycles. The molecule has 2 fully saturated rings. The molecule has 0 saturated carbocycles. The molecule has 0 radical (unpaired) electrons. The van der Waals surface area contributed by atoms with Gasteiger partial charge in [-0.2, -0.15) is 4.98 Å². The van der Waals surface area contributed by atoms with Crippen molar-refractivity contribution >= 4 is 17.7 Å². The number of ether oxygens (including phenoxy) is 1. The Morgan fingerprint density at radius 2 is 1.96 bits per heavy atom. The maximum absolute atomic E-state index is 11.6. The Morgan fingerprint density at radius 1 is 1.25 bits per heavy atom. The topological polar surface area (TPSA) is 78.8 Å². The van der Waals surface area contributed by atoms with E-state index in [2.05, 4.69) is 28.6 Å². The van der Waals surface area contributed by atoms with E-state index in [4.69, 9.17) is 9.72 Å². The van der Waals surface area contributed by atoms with Crippen LogP contribution in [0.3, 0.4) is 0 Å². The van der Waals surface area contributed by atoms with Crippen LogP contribution in [0, 0.1) is 24.7 Å². The number of nitrogens with zero attached hydrogens (tertiary/aromatic N) is 4. The number of carboxylic acid groups (broad SMARTS) is 1. The lowest BCUT2D eigenvalue weighted by molar-refractivity contribution is -0.142. The van der Waals surface area contributed by atoms with Gasteiger partial charge in [0.2, 0.25) is 5.95 Å². The number of aromatic nitrogens is 2. The highest BCUT2D eigenvalue weighted by molar-refractivity contribution is 5.72. The highest BCUT2D eigenvalue weighted by Crippen LogP contribution is 2.33. The first-order valence-electron chi connectivity index (χ1n) is 8.62. The Bertz CT molecular complexity index is 601. The van der Waals surface area contributed by atoms with Crippen LogP contribution in [-0.4, -0.2) is 60.4 Å². The molecule has 2 atom stereocenters. The van der Waals surface area contributed by atoms with Crippen molar-refractivity contribution in [3.05, 3.63) is 11.8 Å². The molecular formula is C17H26N4O3. The molecule has 2 saturated heterocycles. The molecule has 24 heavy (non-hydrogen) atoms. The third-order valence-electron chi connectivity index (χ3n) is 4.99. The van der Waals surface area contributed by atoms with E-state index in [0.29, 0.717) is 31.6 Å². The van der Waals surface area contributed by atoms with E-state index in [1.54, 1.807) is 0 Å². The van der Waals surface area contributed by atoms with E-state index in [-0.39, 0.29) is 11.8 Å². The van der Waals surface area contributed by atoms with Gasteiger partial charge in [0.1, 0.15) is 5.82 Å². The van der Waals surface area contributed by atoms with Crippen LogP contribution >= 0.6 is 0 Å². The molecule has 2 aliphatic rings. The van der Waals surface area contributed by atoms with Crippen molar-refractivity contribution in [2.45, 2.75) is 20.8 Å². The van der Waals surface area contributed by atoms with Crippen molar-refractivity contribution in [2.75, 3.05) is 49.2 Å². The number of carboxylic acids is 1. The van der Waals surface area contributed by atoms with Gasteiger partial charge >= 0.3 is 5.97 Å². The fourth-order valence-corrected chi connectivity index (χ4v) is 3.56. The molecule has 3 heterocycles. The predicted molar refractivity (Wildman–Crippen MR) is 91.5 cm³/mol.